The standard InChI is InChI=1S/C24H34N4O4/c1-5-22-24(18(2)26-28(22)10-13-31-23-8-6-7-11-30-23)32-21-15-19(17-25)14-20(16-21)29-12-9-27(3)4/h14-16,23H,5-13H2,1-4H3. The van der Waals surface area contributed by atoms with Crippen LogP contribution in [0.4, 0.5) is 0 Å². The van der Waals surface area contributed by atoms with Gasteiger partial charge in [-0.25, -0.2) is 0 Å². The van der Waals surface area contributed by atoms with E-state index in [1.165, 1.54) is 0 Å². The normalized spacial score (nSPS) is 16.2. The minimum absolute atomic E-state index is 0.110. The van der Waals surface area contributed by atoms with Crippen molar-refractivity contribution in [3.05, 3.63) is 35.2 Å². The second kappa shape index (κ2) is 11.9. The van der Waals surface area contributed by atoms with Gasteiger partial charge in [0.05, 0.1) is 30.5 Å². The zero-order valence-electron chi connectivity index (χ0n) is 19.6. The monoisotopic (exact) mass is 442 g/mol. The minimum Gasteiger partial charge on any atom is -0.492 e. The molecule has 8 heteroatoms. The van der Waals surface area contributed by atoms with Crippen LogP contribution in [-0.4, -0.2) is 61.4 Å². The van der Waals surface area contributed by atoms with Crippen LogP contribution in [0.5, 0.6) is 17.2 Å². The van der Waals surface area contributed by atoms with E-state index in [-0.39, 0.29) is 6.29 Å². The van der Waals surface area contributed by atoms with E-state index in [1.54, 1.807) is 12.1 Å². The highest BCUT2D eigenvalue weighted by molar-refractivity contribution is 5.47. The summed E-state index contributed by atoms with van der Waals surface area (Å²) in [6.45, 7) is 7.25. The number of aryl methyl sites for hydroxylation is 1. The first-order valence-electron chi connectivity index (χ1n) is 11.3. The largest absolute Gasteiger partial charge is 0.492 e. The molecule has 0 amide bonds. The predicted octanol–water partition coefficient (Wildman–Crippen LogP) is 3.90. The molecular formula is C24H34N4O4. The minimum atomic E-state index is -0.110. The first-order valence-corrected chi connectivity index (χ1v) is 11.3. The zero-order valence-corrected chi connectivity index (χ0v) is 19.6. The second-order valence-corrected chi connectivity index (χ2v) is 8.16. The molecule has 1 aromatic heterocycles. The van der Waals surface area contributed by atoms with Crippen molar-refractivity contribution in [3.63, 3.8) is 0 Å². The lowest BCUT2D eigenvalue weighted by atomic mass is 10.2. The smallest absolute Gasteiger partial charge is 0.171 e. The van der Waals surface area contributed by atoms with E-state index in [1.807, 2.05) is 36.7 Å². The molecule has 0 radical (unpaired) electrons. The van der Waals surface area contributed by atoms with Crippen LogP contribution in [0.2, 0.25) is 0 Å². The molecular weight excluding hydrogens is 408 g/mol. The van der Waals surface area contributed by atoms with Gasteiger partial charge in [0.25, 0.3) is 0 Å². The number of hydrogen-bond donors (Lipinski definition) is 0. The number of likely N-dealkylation sites (N-methyl/N-ethyl adjacent to an activating group) is 1. The fraction of sp³-hybridized carbons (Fsp3) is 0.583. The molecule has 0 spiro atoms. The summed E-state index contributed by atoms with van der Waals surface area (Å²) in [5, 5.41) is 14.1. The van der Waals surface area contributed by atoms with Crippen molar-refractivity contribution in [2.75, 3.05) is 40.5 Å². The van der Waals surface area contributed by atoms with Gasteiger partial charge in [0.15, 0.2) is 12.0 Å². The number of ether oxygens (including phenoxy) is 4. The number of rotatable bonds is 11. The van der Waals surface area contributed by atoms with Gasteiger partial charge in [0.1, 0.15) is 23.8 Å². The highest BCUT2D eigenvalue weighted by atomic mass is 16.7. The van der Waals surface area contributed by atoms with Crippen LogP contribution >= 0.6 is 0 Å². The van der Waals surface area contributed by atoms with E-state index in [0.29, 0.717) is 36.8 Å². The summed E-state index contributed by atoms with van der Waals surface area (Å²) >= 11 is 0. The Balaban J connectivity index is 1.70. The van der Waals surface area contributed by atoms with Crippen molar-refractivity contribution in [1.82, 2.24) is 14.7 Å². The number of hydrogen-bond acceptors (Lipinski definition) is 7. The summed E-state index contributed by atoms with van der Waals surface area (Å²) < 4.78 is 25.5. The van der Waals surface area contributed by atoms with Crippen LogP contribution in [0, 0.1) is 18.3 Å². The van der Waals surface area contributed by atoms with Crippen LogP contribution in [0.3, 0.4) is 0 Å². The molecule has 174 valence electrons. The second-order valence-electron chi connectivity index (χ2n) is 8.16. The fourth-order valence-corrected chi connectivity index (χ4v) is 3.63. The summed E-state index contributed by atoms with van der Waals surface area (Å²) in [6.07, 6.45) is 3.85. The topological polar surface area (TPSA) is 81.8 Å². The Hall–Kier alpha value is -2.60. The van der Waals surface area contributed by atoms with E-state index >= 15 is 0 Å². The van der Waals surface area contributed by atoms with Crippen molar-refractivity contribution in [1.29, 1.82) is 5.26 Å². The number of nitrogens with zero attached hydrogens (tertiary/aromatic N) is 4. The first kappa shape index (κ1) is 24.1. The van der Waals surface area contributed by atoms with Gasteiger partial charge < -0.3 is 23.8 Å². The lowest BCUT2D eigenvalue weighted by Gasteiger charge is -2.22. The molecule has 3 rings (SSSR count). The molecule has 1 aliphatic rings. The molecule has 1 fully saturated rings. The quantitative estimate of drug-likeness (QED) is 0.522. The molecule has 1 aliphatic heterocycles. The maximum absolute atomic E-state index is 9.42. The van der Waals surface area contributed by atoms with E-state index in [0.717, 1.165) is 56.0 Å². The molecule has 1 atom stereocenters. The van der Waals surface area contributed by atoms with Gasteiger partial charge in [-0.1, -0.05) is 6.92 Å². The molecule has 0 N–H and O–H groups in total. The Kier molecular flexibility index (Phi) is 8.91. The fourth-order valence-electron chi connectivity index (χ4n) is 3.63. The third-order valence-corrected chi connectivity index (χ3v) is 5.29. The average Bonchev–Trinajstić information content (AvgIpc) is 3.08. The third-order valence-electron chi connectivity index (χ3n) is 5.29. The van der Waals surface area contributed by atoms with Gasteiger partial charge in [0.2, 0.25) is 0 Å². The van der Waals surface area contributed by atoms with Crippen molar-refractivity contribution >= 4 is 0 Å². The van der Waals surface area contributed by atoms with Gasteiger partial charge in [0, 0.05) is 19.2 Å². The molecule has 1 unspecified atom stereocenters. The van der Waals surface area contributed by atoms with E-state index in [4.69, 9.17) is 18.9 Å². The molecule has 1 aromatic carbocycles. The highest BCUT2D eigenvalue weighted by Gasteiger charge is 2.18. The van der Waals surface area contributed by atoms with Gasteiger partial charge in [-0.15, -0.1) is 0 Å². The molecule has 0 saturated carbocycles. The van der Waals surface area contributed by atoms with Crippen LogP contribution in [-0.2, 0) is 22.4 Å². The SMILES string of the molecule is CCc1c(Oc2cc(C#N)cc(OCCN(C)C)c2)c(C)nn1CCOC1CCCCO1. The lowest BCUT2D eigenvalue weighted by molar-refractivity contribution is -0.163. The summed E-state index contributed by atoms with van der Waals surface area (Å²) in [5.74, 6) is 1.90. The molecule has 2 aromatic rings. The van der Waals surface area contributed by atoms with Crippen LogP contribution in [0.15, 0.2) is 18.2 Å². The van der Waals surface area contributed by atoms with Crippen LogP contribution in [0.1, 0.15) is 43.1 Å². The molecule has 32 heavy (non-hydrogen) atoms. The van der Waals surface area contributed by atoms with E-state index < -0.39 is 0 Å². The van der Waals surface area contributed by atoms with Crippen LogP contribution in [0.25, 0.3) is 0 Å². The van der Waals surface area contributed by atoms with Crippen molar-refractivity contribution in [3.8, 4) is 23.3 Å². The lowest BCUT2D eigenvalue weighted by Crippen LogP contribution is -2.24. The Morgan fingerprint density at radius 2 is 2.03 bits per heavy atom. The van der Waals surface area contributed by atoms with E-state index in [2.05, 4.69) is 18.1 Å². The van der Waals surface area contributed by atoms with Crippen LogP contribution < -0.4 is 9.47 Å². The van der Waals surface area contributed by atoms with Crippen molar-refractivity contribution in [2.45, 2.75) is 52.4 Å². The van der Waals surface area contributed by atoms with Gasteiger partial charge in [-0.2, -0.15) is 10.4 Å². The van der Waals surface area contributed by atoms with Gasteiger partial charge in [-0.05, 0) is 58.8 Å². The van der Waals surface area contributed by atoms with Gasteiger partial charge in [-0.3, -0.25) is 4.68 Å². The number of benzene rings is 1. The summed E-state index contributed by atoms with van der Waals surface area (Å²) in [5.41, 5.74) is 2.28. The maximum atomic E-state index is 9.42. The Morgan fingerprint density at radius 1 is 1.22 bits per heavy atom. The first-order chi connectivity index (χ1) is 15.5. The van der Waals surface area contributed by atoms with Gasteiger partial charge >= 0.3 is 0 Å². The third kappa shape index (κ3) is 6.70. The molecule has 2 heterocycles. The Labute approximate surface area is 190 Å². The van der Waals surface area contributed by atoms with Crippen molar-refractivity contribution < 1.29 is 18.9 Å². The molecule has 0 aliphatic carbocycles. The maximum Gasteiger partial charge on any atom is 0.171 e. The number of nitriles is 1. The van der Waals surface area contributed by atoms with E-state index in [9.17, 15) is 5.26 Å². The summed E-state index contributed by atoms with van der Waals surface area (Å²) in [6, 6.07) is 7.44. The highest BCUT2D eigenvalue weighted by Crippen LogP contribution is 2.32. The summed E-state index contributed by atoms with van der Waals surface area (Å²) in [4.78, 5) is 2.04. The zero-order chi connectivity index (χ0) is 22.9. The molecule has 8 nitrogen and oxygen atoms in total. The summed E-state index contributed by atoms with van der Waals surface area (Å²) in [7, 11) is 3.98. The molecule has 1 saturated heterocycles. The predicted molar refractivity (Wildman–Crippen MR) is 121 cm³/mol. The number of aromatic nitrogens is 2. The van der Waals surface area contributed by atoms with Crippen molar-refractivity contribution in [2.24, 2.45) is 0 Å². The Morgan fingerprint density at radius 3 is 2.72 bits per heavy atom. The average molecular weight is 443 g/mol. The Bertz CT molecular complexity index is 913. The molecule has 0 bridgehead atoms.